The molecule has 0 aliphatic carbocycles. The number of rotatable bonds is 5. The van der Waals surface area contributed by atoms with Gasteiger partial charge in [-0.2, -0.15) is 0 Å². The molecule has 0 aromatic heterocycles. The van der Waals surface area contributed by atoms with Gasteiger partial charge in [0.25, 0.3) is 0 Å². The summed E-state index contributed by atoms with van der Waals surface area (Å²) in [6.45, 7) is 12.4. The van der Waals surface area contributed by atoms with Crippen molar-refractivity contribution >= 4 is 0 Å². The summed E-state index contributed by atoms with van der Waals surface area (Å²) >= 11 is 0. The topological polar surface area (TPSA) is 15.3 Å². The zero-order valence-electron chi connectivity index (χ0n) is 11.1. The van der Waals surface area contributed by atoms with E-state index >= 15 is 0 Å². The third kappa shape index (κ3) is 6.09. The van der Waals surface area contributed by atoms with Crippen LogP contribution >= 0.6 is 0 Å². The SMILES string of the molecule is CC(C)=CCCC(C)=CCN1CCNCC1. The van der Waals surface area contributed by atoms with Gasteiger partial charge in [0.05, 0.1) is 0 Å². The van der Waals surface area contributed by atoms with Gasteiger partial charge in [0.2, 0.25) is 0 Å². The van der Waals surface area contributed by atoms with E-state index < -0.39 is 0 Å². The molecule has 0 saturated carbocycles. The van der Waals surface area contributed by atoms with E-state index in [2.05, 4.69) is 43.1 Å². The molecule has 1 rings (SSSR count). The van der Waals surface area contributed by atoms with Crippen LogP contribution in [0.3, 0.4) is 0 Å². The van der Waals surface area contributed by atoms with Gasteiger partial charge in [-0.1, -0.05) is 23.3 Å². The van der Waals surface area contributed by atoms with Crippen molar-refractivity contribution in [1.29, 1.82) is 0 Å². The Hall–Kier alpha value is -0.600. The fraction of sp³-hybridized carbons (Fsp3) is 0.714. The molecular weight excluding hydrogens is 196 g/mol. The lowest BCUT2D eigenvalue weighted by atomic mass is 10.1. The summed E-state index contributed by atoms with van der Waals surface area (Å²) in [7, 11) is 0. The van der Waals surface area contributed by atoms with Crippen LogP contribution < -0.4 is 5.32 Å². The van der Waals surface area contributed by atoms with Crippen LogP contribution in [-0.4, -0.2) is 37.6 Å². The van der Waals surface area contributed by atoms with Crippen molar-refractivity contribution < 1.29 is 0 Å². The first-order chi connectivity index (χ1) is 7.68. The molecule has 0 unspecified atom stereocenters. The van der Waals surface area contributed by atoms with E-state index in [1.807, 2.05) is 0 Å². The third-order valence-corrected chi connectivity index (χ3v) is 3.00. The Morgan fingerprint density at radius 1 is 1.12 bits per heavy atom. The Balaban J connectivity index is 2.19. The van der Waals surface area contributed by atoms with Gasteiger partial charge in [-0.05, 0) is 33.6 Å². The number of allylic oxidation sites excluding steroid dienone is 3. The predicted octanol–water partition coefficient (Wildman–Crippen LogP) is 2.58. The van der Waals surface area contributed by atoms with Gasteiger partial charge in [0.1, 0.15) is 0 Å². The molecule has 92 valence electrons. The van der Waals surface area contributed by atoms with E-state index in [0.717, 1.165) is 19.6 Å². The van der Waals surface area contributed by atoms with Crippen molar-refractivity contribution in [2.75, 3.05) is 32.7 Å². The minimum atomic E-state index is 1.13. The molecule has 1 aliphatic heterocycles. The maximum absolute atomic E-state index is 3.38. The van der Waals surface area contributed by atoms with Crippen LogP contribution in [0.1, 0.15) is 33.6 Å². The maximum atomic E-state index is 3.38. The van der Waals surface area contributed by atoms with Gasteiger partial charge < -0.3 is 5.32 Å². The Bertz CT molecular complexity index is 243. The molecule has 2 heteroatoms. The highest BCUT2D eigenvalue weighted by Gasteiger charge is 2.06. The average Bonchev–Trinajstić information content (AvgIpc) is 2.27. The highest BCUT2D eigenvalue weighted by atomic mass is 15.2. The third-order valence-electron chi connectivity index (χ3n) is 3.00. The van der Waals surface area contributed by atoms with E-state index in [-0.39, 0.29) is 0 Å². The second-order valence-electron chi connectivity index (χ2n) is 4.92. The van der Waals surface area contributed by atoms with Crippen LogP contribution in [0, 0.1) is 0 Å². The Morgan fingerprint density at radius 2 is 1.81 bits per heavy atom. The standard InChI is InChI=1S/C14H26N2/c1-13(2)5-4-6-14(3)7-10-16-11-8-15-9-12-16/h5,7,15H,4,6,8-12H2,1-3H3. The second kappa shape index (κ2) is 7.64. The highest BCUT2D eigenvalue weighted by molar-refractivity contribution is 5.03. The minimum Gasteiger partial charge on any atom is -0.314 e. The van der Waals surface area contributed by atoms with Crippen LogP contribution in [0.4, 0.5) is 0 Å². The van der Waals surface area contributed by atoms with E-state index in [9.17, 15) is 0 Å². The predicted molar refractivity (Wildman–Crippen MR) is 71.7 cm³/mol. The Kier molecular flexibility index (Phi) is 6.43. The van der Waals surface area contributed by atoms with Crippen LogP contribution in [0.2, 0.25) is 0 Å². The molecule has 0 spiro atoms. The quantitative estimate of drug-likeness (QED) is 0.719. The summed E-state index contributed by atoms with van der Waals surface area (Å²) in [6.07, 6.45) is 7.11. The lowest BCUT2D eigenvalue weighted by Crippen LogP contribution is -2.43. The molecular formula is C14H26N2. The van der Waals surface area contributed by atoms with Crippen LogP contribution in [0.5, 0.6) is 0 Å². The van der Waals surface area contributed by atoms with Crippen molar-refractivity contribution in [2.24, 2.45) is 0 Å². The normalized spacial score (nSPS) is 18.6. The first-order valence-electron chi connectivity index (χ1n) is 6.40. The van der Waals surface area contributed by atoms with E-state index in [4.69, 9.17) is 0 Å². The molecule has 0 aromatic rings. The summed E-state index contributed by atoms with van der Waals surface area (Å²) in [5.74, 6) is 0. The molecule has 2 nitrogen and oxygen atoms in total. The van der Waals surface area contributed by atoms with Crippen LogP contribution in [0.25, 0.3) is 0 Å². The molecule has 0 atom stereocenters. The molecule has 1 aliphatic rings. The maximum Gasteiger partial charge on any atom is 0.0166 e. The number of nitrogens with one attached hydrogen (secondary N) is 1. The zero-order chi connectivity index (χ0) is 11.8. The second-order valence-corrected chi connectivity index (χ2v) is 4.92. The first-order valence-corrected chi connectivity index (χ1v) is 6.40. The molecule has 0 amide bonds. The van der Waals surface area contributed by atoms with Crippen molar-refractivity contribution in [3.05, 3.63) is 23.3 Å². The Labute approximate surface area is 100 Å². The molecule has 0 aromatic carbocycles. The summed E-state index contributed by atoms with van der Waals surface area (Å²) in [5.41, 5.74) is 2.95. The van der Waals surface area contributed by atoms with Crippen molar-refractivity contribution in [3.8, 4) is 0 Å². The summed E-state index contributed by atoms with van der Waals surface area (Å²) in [6, 6.07) is 0. The molecule has 1 fully saturated rings. The molecule has 1 saturated heterocycles. The molecule has 16 heavy (non-hydrogen) atoms. The monoisotopic (exact) mass is 222 g/mol. The summed E-state index contributed by atoms with van der Waals surface area (Å²) in [5, 5.41) is 3.38. The molecule has 0 bridgehead atoms. The fourth-order valence-electron chi connectivity index (χ4n) is 1.87. The number of hydrogen-bond donors (Lipinski definition) is 1. The molecule has 1 heterocycles. The van der Waals surface area contributed by atoms with Crippen LogP contribution in [-0.2, 0) is 0 Å². The number of piperazine rings is 1. The van der Waals surface area contributed by atoms with Crippen LogP contribution in [0.15, 0.2) is 23.3 Å². The number of hydrogen-bond acceptors (Lipinski definition) is 2. The van der Waals surface area contributed by atoms with Gasteiger partial charge in [-0.15, -0.1) is 0 Å². The molecule has 1 N–H and O–H groups in total. The lowest BCUT2D eigenvalue weighted by Gasteiger charge is -2.26. The summed E-state index contributed by atoms with van der Waals surface area (Å²) < 4.78 is 0. The highest BCUT2D eigenvalue weighted by Crippen LogP contribution is 2.07. The summed E-state index contributed by atoms with van der Waals surface area (Å²) in [4.78, 5) is 2.51. The largest absolute Gasteiger partial charge is 0.314 e. The fourth-order valence-corrected chi connectivity index (χ4v) is 1.87. The van der Waals surface area contributed by atoms with E-state index in [0.29, 0.717) is 0 Å². The van der Waals surface area contributed by atoms with E-state index in [1.165, 1.54) is 37.1 Å². The van der Waals surface area contributed by atoms with Gasteiger partial charge >= 0.3 is 0 Å². The molecule has 0 radical (unpaired) electrons. The van der Waals surface area contributed by atoms with Gasteiger partial charge in [-0.3, -0.25) is 4.90 Å². The zero-order valence-corrected chi connectivity index (χ0v) is 11.1. The van der Waals surface area contributed by atoms with Gasteiger partial charge in [0.15, 0.2) is 0 Å². The van der Waals surface area contributed by atoms with Gasteiger partial charge in [-0.25, -0.2) is 0 Å². The average molecular weight is 222 g/mol. The van der Waals surface area contributed by atoms with Crippen molar-refractivity contribution in [1.82, 2.24) is 10.2 Å². The lowest BCUT2D eigenvalue weighted by molar-refractivity contribution is 0.264. The number of nitrogens with zero attached hydrogens (tertiary/aromatic N) is 1. The van der Waals surface area contributed by atoms with Crippen molar-refractivity contribution in [3.63, 3.8) is 0 Å². The van der Waals surface area contributed by atoms with E-state index in [1.54, 1.807) is 0 Å². The first kappa shape index (κ1) is 13.5. The smallest absolute Gasteiger partial charge is 0.0166 e. The van der Waals surface area contributed by atoms with Gasteiger partial charge in [0, 0.05) is 32.7 Å². The minimum absolute atomic E-state index is 1.13. The van der Waals surface area contributed by atoms with Crippen molar-refractivity contribution in [2.45, 2.75) is 33.6 Å². The Morgan fingerprint density at radius 3 is 2.44 bits per heavy atom.